The van der Waals surface area contributed by atoms with Crippen LogP contribution in [0.25, 0.3) is 0 Å². The highest BCUT2D eigenvalue weighted by Crippen LogP contribution is 1.80. The highest BCUT2D eigenvalue weighted by atomic mass is 15.4. The van der Waals surface area contributed by atoms with E-state index in [9.17, 15) is 0 Å². The molecule has 0 fully saturated rings. The van der Waals surface area contributed by atoms with Crippen LogP contribution in [0.2, 0.25) is 0 Å². The third-order valence-corrected chi connectivity index (χ3v) is 0.360. The molecule has 0 aromatic rings. The molecule has 0 spiro atoms. The molecular formula is C6H15N3. The zero-order valence-electron chi connectivity index (χ0n) is 6.63. The molecule has 0 radical (unpaired) electrons. The maximum absolute atomic E-state index is 3.49. The predicted octanol–water partition coefficient (Wildman–Crippen LogP) is 2.49. The Labute approximate surface area is 56.9 Å². The van der Waals surface area contributed by atoms with Crippen molar-refractivity contribution in [3.8, 4) is 0 Å². The normalized spacial score (nSPS) is 11.1. The lowest BCUT2D eigenvalue weighted by atomic mass is 10.8. The van der Waals surface area contributed by atoms with Gasteiger partial charge in [0.05, 0.1) is 12.8 Å². The average molecular weight is 129 g/mol. The Bertz CT molecular complexity index is 66.4. The van der Waals surface area contributed by atoms with Crippen LogP contribution in [0.3, 0.4) is 0 Å². The van der Waals surface area contributed by atoms with Crippen LogP contribution in [0.4, 0.5) is 0 Å². The van der Waals surface area contributed by atoms with Crippen LogP contribution in [0, 0.1) is 0 Å². The molecule has 1 heterocycles. The van der Waals surface area contributed by atoms with Crippen molar-refractivity contribution < 1.29 is 0 Å². The van der Waals surface area contributed by atoms with Gasteiger partial charge in [0.25, 0.3) is 0 Å². The van der Waals surface area contributed by atoms with Gasteiger partial charge in [0, 0.05) is 0 Å². The molecule has 0 saturated carbocycles. The summed E-state index contributed by atoms with van der Waals surface area (Å²) < 4.78 is 0. The standard InChI is InChI=1S/C2H3N3.2C2H6/c1-2-4-5-3-1;2*1-2/h1H,2H2;2*1-2H3. The van der Waals surface area contributed by atoms with Gasteiger partial charge in [-0.05, 0) is 5.22 Å². The summed E-state index contributed by atoms with van der Waals surface area (Å²) in [5.41, 5.74) is 0. The molecule has 1 rings (SSSR count). The largest absolute Gasteiger partial charge is 0.163 e. The fourth-order valence-electron chi connectivity index (χ4n) is 0.183. The Balaban J connectivity index is 0. The van der Waals surface area contributed by atoms with Crippen molar-refractivity contribution in [1.29, 1.82) is 0 Å². The summed E-state index contributed by atoms with van der Waals surface area (Å²) in [7, 11) is 0. The lowest BCUT2D eigenvalue weighted by Crippen LogP contribution is -1.65. The predicted molar refractivity (Wildman–Crippen MR) is 40.9 cm³/mol. The van der Waals surface area contributed by atoms with Crippen LogP contribution in [0.1, 0.15) is 27.7 Å². The molecule has 1 aliphatic heterocycles. The van der Waals surface area contributed by atoms with Crippen LogP contribution < -0.4 is 0 Å². The first-order valence-corrected chi connectivity index (χ1v) is 3.38. The minimum absolute atomic E-state index is 0.667. The minimum Gasteiger partial charge on any atom is -0.163 e. The molecule has 9 heavy (non-hydrogen) atoms. The summed E-state index contributed by atoms with van der Waals surface area (Å²) in [6, 6.07) is 0. The number of rotatable bonds is 0. The van der Waals surface area contributed by atoms with E-state index in [4.69, 9.17) is 0 Å². The number of hydrogen-bond donors (Lipinski definition) is 0. The van der Waals surface area contributed by atoms with Gasteiger partial charge in [0.2, 0.25) is 0 Å². The first kappa shape index (κ1) is 11.1. The Kier molecular flexibility index (Phi) is 19.4. The lowest BCUT2D eigenvalue weighted by molar-refractivity contribution is 1.06. The van der Waals surface area contributed by atoms with Gasteiger partial charge < -0.3 is 0 Å². The van der Waals surface area contributed by atoms with Crippen molar-refractivity contribution in [2.45, 2.75) is 27.7 Å². The number of nitrogens with zero attached hydrogens (tertiary/aromatic N) is 3. The van der Waals surface area contributed by atoms with Gasteiger partial charge >= 0.3 is 0 Å². The van der Waals surface area contributed by atoms with E-state index >= 15 is 0 Å². The van der Waals surface area contributed by atoms with Gasteiger partial charge in [0.1, 0.15) is 0 Å². The molecule has 3 nitrogen and oxygen atoms in total. The maximum Gasteiger partial charge on any atom is 0.0992 e. The summed E-state index contributed by atoms with van der Waals surface area (Å²) in [4.78, 5) is 0. The van der Waals surface area contributed by atoms with Gasteiger partial charge in [-0.1, -0.05) is 27.7 Å². The van der Waals surface area contributed by atoms with Crippen molar-refractivity contribution >= 4 is 6.21 Å². The van der Waals surface area contributed by atoms with Gasteiger partial charge in [-0.2, -0.15) is 5.11 Å². The van der Waals surface area contributed by atoms with Crippen LogP contribution in [0.15, 0.2) is 15.4 Å². The van der Waals surface area contributed by atoms with E-state index in [-0.39, 0.29) is 0 Å². The van der Waals surface area contributed by atoms with Crippen molar-refractivity contribution in [2.75, 3.05) is 6.54 Å². The summed E-state index contributed by atoms with van der Waals surface area (Å²) >= 11 is 0. The second kappa shape index (κ2) is 15.7. The first-order chi connectivity index (χ1) is 4.50. The Hall–Kier alpha value is -0.730. The first-order valence-electron chi connectivity index (χ1n) is 3.38. The molecule has 0 aromatic heterocycles. The van der Waals surface area contributed by atoms with Crippen molar-refractivity contribution in [1.82, 2.24) is 0 Å². The van der Waals surface area contributed by atoms with Crippen molar-refractivity contribution in [3.05, 3.63) is 0 Å². The third kappa shape index (κ3) is 11.1. The fraction of sp³-hybridized carbons (Fsp3) is 0.833. The Morgan fingerprint density at radius 3 is 1.78 bits per heavy atom. The number of hydrogen-bond acceptors (Lipinski definition) is 3. The molecule has 0 aromatic carbocycles. The second-order valence-corrected chi connectivity index (χ2v) is 0.711. The van der Waals surface area contributed by atoms with Crippen molar-refractivity contribution in [2.24, 2.45) is 15.4 Å². The zero-order chi connectivity index (χ0) is 7.54. The van der Waals surface area contributed by atoms with E-state index in [0.29, 0.717) is 6.54 Å². The highest BCUT2D eigenvalue weighted by molar-refractivity contribution is 5.60. The monoisotopic (exact) mass is 129 g/mol. The molecule has 0 unspecified atom stereocenters. The molecule has 54 valence electrons. The quantitative estimate of drug-likeness (QED) is 0.482. The minimum atomic E-state index is 0.667. The molecule has 1 aliphatic rings. The molecule has 3 heteroatoms. The van der Waals surface area contributed by atoms with Crippen molar-refractivity contribution in [3.63, 3.8) is 0 Å². The van der Waals surface area contributed by atoms with E-state index in [1.165, 1.54) is 0 Å². The van der Waals surface area contributed by atoms with Gasteiger partial charge in [-0.3, -0.25) is 0 Å². The zero-order valence-corrected chi connectivity index (χ0v) is 6.63. The highest BCUT2D eigenvalue weighted by Gasteiger charge is 1.75. The third-order valence-electron chi connectivity index (χ3n) is 0.360. The maximum atomic E-state index is 3.49. The SMILES string of the molecule is C1=NN=NC1.CC.CC. The lowest BCUT2D eigenvalue weighted by Gasteiger charge is -1.52. The van der Waals surface area contributed by atoms with Crippen LogP contribution in [0.5, 0.6) is 0 Å². The smallest absolute Gasteiger partial charge is 0.0992 e. The summed E-state index contributed by atoms with van der Waals surface area (Å²) in [6.45, 7) is 8.67. The van der Waals surface area contributed by atoms with E-state index in [1.807, 2.05) is 27.7 Å². The Morgan fingerprint density at radius 2 is 1.67 bits per heavy atom. The fourth-order valence-corrected chi connectivity index (χ4v) is 0.183. The molecule has 0 bridgehead atoms. The summed E-state index contributed by atoms with van der Waals surface area (Å²) in [6.07, 6.45) is 1.65. The summed E-state index contributed by atoms with van der Waals surface area (Å²) in [5.74, 6) is 0. The molecule has 0 amide bonds. The Morgan fingerprint density at radius 1 is 1.11 bits per heavy atom. The van der Waals surface area contributed by atoms with E-state index in [0.717, 1.165) is 0 Å². The van der Waals surface area contributed by atoms with Gasteiger partial charge in [0.15, 0.2) is 0 Å². The van der Waals surface area contributed by atoms with Crippen LogP contribution in [-0.4, -0.2) is 12.8 Å². The van der Waals surface area contributed by atoms with Gasteiger partial charge in [-0.25, -0.2) is 0 Å². The second-order valence-electron chi connectivity index (χ2n) is 0.711. The molecule has 0 aliphatic carbocycles. The van der Waals surface area contributed by atoms with Crippen LogP contribution >= 0.6 is 0 Å². The molecule has 0 saturated heterocycles. The van der Waals surface area contributed by atoms with E-state index < -0.39 is 0 Å². The molecule has 0 atom stereocenters. The summed E-state index contributed by atoms with van der Waals surface area (Å²) in [5, 5.41) is 10.2. The van der Waals surface area contributed by atoms with Crippen LogP contribution in [-0.2, 0) is 0 Å². The van der Waals surface area contributed by atoms with Gasteiger partial charge in [-0.15, -0.1) is 5.10 Å². The average Bonchev–Trinajstić information content (AvgIpc) is 2.51. The van der Waals surface area contributed by atoms with E-state index in [2.05, 4.69) is 15.4 Å². The topological polar surface area (TPSA) is 37.1 Å². The van der Waals surface area contributed by atoms with E-state index in [1.54, 1.807) is 6.21 Å². The molecule has 0 N–H and O–H groups in total. The molecular weight excluding hydrogens is 114 g/mol.